The van der Waals surface area contributed by atoms with Crippen LogP contribution in [0.5, 0.6) is 0 Å². The van der Waals surface area contributed by atoms with E-state index in [1.807, 2.05) is 37.3 Å². The van der Waals surface area contributed by atoms with Gasteiger partial charge in [0, 0.05) is 99.4 Å². The fraction of sp³-hybridized carbons (Fsp3) is 0.0189. The summed E-state index contributed by atoms with van der Waals surface area (Å²) in [5, 5.41) is 3.93. The van der Waals surface area contributed by atoms with Crippen LogP contribution in [-0.4, -0.2) is 49.0 Å². The molecule has 6 heterocycles. The second-order valence-corrected chi connectivity index (χ2v) is 15.7. The van der Waals surface area contributed by atoms with Crippen molar-refractivity contribution in [3.05, 3.63) is 194 Å². The molecule has 12 aromatic rings. The van der Waals surface area contributed by atoms with Gasteiger partial charge in [0.2, 0.25) is 0 Å². The molecule has 0 aliphatic rings. The molecular weight excluding hydrogens is 815 g/mol. The summed E-state index contributed by atoms with van der Waals surface area (Å²) in [6.45, 7) is 1.97. The summed E-state index contributed by atoms with van der Waals surface area (Å²) in [7, 11) is 0. The van der Waals surface area contributed by atoms with Crippen molar-refractivity contribution in [2.24, 2.45) is 0 Å². The number of hydrogen-bond acceptors (Lipinski definition) is 8. The van der Waals surface area contributed by atoms with Gasteiger partial charge in [-0.3, -0.25) is 0 Å². The van der Waals surface area contributed by atoms with Gasteiger partial charge in [-0.2, -0.15) is 0 Å². The van der Waals surface area contributed by atoms with Crippen LogP contribution in [0.4, 0.5) is 8.78 Å². The molecule has 0 bridgehead atoms. The smallest absolute Gasteiger partial charge is 0.159 e. The maximum Gasteiger partial charge on any atom is 0.159 e. The number of hydrogen-bond donors (Lipinski definition) is 0. The molecule has 12 heteroatoms. The minimum Gasteiger partial charge on any atom is -0.307 e. The minimum atomic E-state index is -0.671. The zero-order valence-corrected chi connectivity index (χ0v) is 34.5. The Bertz CT molecular complexity index is 3590. The number of fused-ring (bicyclic) bond motifs is 6. The molecule has 0 saturated heterocycles. The lowest BCUT2D eigenvalue weighted by atomic mass is 9.98. The van der Waals surface area contributed by atoms with E-state index in [1.165, 1.54) is 12.1 Å². The predicted octanol–water partition coefficient (Wildman–Crippen LogP) is 12.0. The average molecular weight is 847 g/mol. The number of rotatable bonds is 7. The van der Waals surface area contributed by atoms with Gasteiger partial charge < -0.3 is 9.13 Å². The van der Waals surface area contributed by atoms with Crippen LogP contribution in [-0.2, 0) is 0 Å². The third-order valence-corrected chi connectivity index (χ3v) is 11.8. The average Bonchev–Trinajstić information content (AvgIpc) is 3.85. The van der Waals surface area contributed by atoms with Crippen LogP contribution in [0, 0.1) is 18.6 Å². The number of aryl methyl sites for hydroxylation is 1. The highest BCUT2D eigenvalue weighted by Crippen LogP contribution is 2.43. The summed E-state index contributed by atoms with van der Waals surface area (Å²) < 4.78 is 34.8. The first-order valence-corrected chi connectivity index (χ1v) is 20.8. The van der Waals surface area contributed by atoms with Gasteiger partial charge in [-0.1, -0.05) is 48.5 Å². The molecule has 6 aromatic carbocycles. The Morgan fingerprint density at radius 2 is 0.646 bits per heavy atom. The quantitative estimate of drug-likeness (QED) is 0.156. The second-order valence-electron chi connectivity index (χ2n) is 15.7. The molecule has 0 atom stereocenters. The molecule has 308 valence electrons. The lowest BCUT2D eigenvalue weighted by Gasteiger charge is -2.21. The molecule has 0 amide bonds. The lowest BCUT2D eigenvalue weighted by Crippen LogP contribution is -2.06. The van der Waals surface area contributed by atoms with Crippen molar-refractivity contribution in [3.63, 3.8) is 0 Å². The van der Waals surface area contributed by atoms with Gasteiger partial charge in [0.1, 0.15) is 11.6 Å². The van der Waals surface area contributed by atoms with Gasteiger partial charge in [-0.05, 0) is 96.4 Å². The monoisotopic (exact) mass is 846 g/mol. The molecule has 0 unspecified atom stereocenters. The highest BCUT2D eigenvalue weighted by Gasteiger charge is 2.24. The van der Waals surface area contributed by atoms with Crippen LogP contribution in [0.1, 0.15) is 5.56 Å². The van der Waals surface area contributed by atoms with Crippen molar-refractivity contribution in [1.29, 1.82) is 0 Å². The van der Waals surface area contributed by atoms with Crippen LogP contribution < -0.4 is 0 Å². The minimum absolute atomic E-state index is 0.402. The number of nitrogens with zero attached hydrogens (tertiary/aromatic N) is 10. The number of halogens is 2. The molecule has 12 rings (SSSR count). The van der Waals surface area contributed by atoms with Gasteiger partial charge in [-0.25, -0.2) is 48.7 Å². The molecule has 0 saturated carbocycles. The zero-order valence-electron chi connectivity index (χ0n) is 34.5. The first kappa shape index (κ1) is 37.8. The van der Waals surface area contributed by atoms with Crippen molar-refractivity contribution < 1.29 is 8.78 Å². The van der Waals surface area contributed by atoms with E-state index in [1.54, 1.807) is 73.8 Å². The van der Waals surface area contributed by atoms with E-state index in [0.29, 0.717) is 34.4 Å². The molecule has 0 spiro atoms. The maximum atomic E-state index is 15.2. The molecule has 0 radical (unpaired) electrons. The zero-order chi connectivity index (χ0) is 43.6. The fourth-order valence-electron chi connectivity index (χ4n) is 8.97. The summed E-state index contributed by atoms with van der Waals surface area (Å²) >= 11 is 0. The van der Waals surface area contributed by atoms with Gasteiger partial charge in [-0.15, -0.1) is 0 Å². The Balaban J connectivity index is 1.25. The molecule has 0 aliphatic carbocycles. The third-order valence-electron chi connectivity index (χ3n) is 11.8. The standard InChI is InChI=1S/C53H32F2N10/c1-31-22-48(64-44-25-32(50-56-14-2-15-57-50)6-10-39(44)40-11-7-33(26-45(40)64)51-58-16-3-17-59-51)49(30-43(31)36-23-37(54)29-38(55)24-36)65-46-27-34(52-60-18-4-19-61-52)8-12-41(46)42-13-9-35(28-47(42)65)53-62-20-5-21-63-53/h2-30H,1H3. The Hall–Kier alpha value is -8.90. The number of aromatic nitrogens is 10. The lowest BCUT2D eigenvalue weighted by molar-refractivity contribution is 0.584. The van der Waals surface area contributed by atoms with E-state index in [0.717, 1.165) is 88.9 Å². The summed E-state index contributed by atoms with van der Waals surface area (Å²) in [5.41, 5.74) is 10.1. The highest BCUT2D eigenvalue weighted by molar-refractivity contribution is 6.13. The largest absolute Gasteiger partial charge is 0.307 e. The molecule has 0 aliphatic heterocycles. The van der Waals surface area contributed by atoms with Crippen molar-refractivity contribution >= 4 is 43.6 Å². The van der Waals surface area contributed by atoms with E-state index < -0.39 is 11.6 Å². The molecular formula is C53H32F2N10. The van der Waals surface area contributed by atoms with Crippen LogP contribution >= 0.6 is 0 Å². The summed E-state index contributed by atoms with van der Waals surface area (Å²) in [4.78, 5) is 36.9. The van der Waals surface area contributed by atoms with Crippen molar-refractivity contribution in [2.75, 3.05) is 0 Å². The first-order valence-electron chi connectivity index (χ1n) is 20.8. The van der Waals surface area contributed by atoms with Crippen molar-refractivity contribution in [1.82, 2.24) is 49.0 Å². The van der Waals surface area contributed by atoms with E-state index in [9.17, 15) is 0 Å². The SMILES string of the molecule is Cc1cc(-n2c3cc(-c4ncccn4)ccc3c3ccc(-c4ncccn4)cc32)c(-n2c3cc(-c4ncccn4)ccc3c3ccc(-c4ncccn4)cc32)cc1-c1cc(F)cc(F)c1. The Morgan fingerprint density at radius 1 is 0.338 bits per heavy atom. The summed E-state index contributed by atoms with van der Waals surface area (Å²) in [6.07, 6.45) is 13.8. The van der Waals surface area contributed by atoms with E-state index in [4.69, 9.17) is 0 Å². The molecule has 65 heavy (non-hydrogen) atoms. The Kier molecular flexibility index (Phi) is 8.83. The van der Waals surface area contributed by atoms with E-state index >= 15 is 8.78 Å². The topological polar surface area (TPSA) is 113 Å². The van der Waals surface area contributed by atoms with Gasteiger partial charge in [0.05, 0.1) is 33.4 Å². The van der Waals surface area contributed by atoms with Crippen LogP contribution in [0.3, 0.4) is 0 Å². The Labute approximate surface area is 369 Å². The normalized spacial score (nSPS) is 11.6. The van der Waals surface area contributed by atoms with Gasteiger partial charge >= 0.3 is 0 Å². The maximum absolute atomic E-state index is 15.2. The first-order chi connectivity index (χ1) is 31.9. The van der Waals surface area contributed by atoms with Crippen LogP contribution in [0.15, 0.2) is 177 Å². The predicted molar refractivity (Wildman–Crippen MR) is 249 cm³/mol. The van der Waals surface area contributed by atoms with E-state index in [2.05, 4.69) is 104 Å². The van der Waals surface area contributed by atoms with Gasteiger partial charge in [0.15, 0.2) is 23.3 Å². The molecule has 0 N–H and O–H groups in total. The van der Waals surface area contributed by atoms with Crippen LogP contribution in [0.2, 0.25) is 0 Å². The third kappa shape index (κ3) is 6.46. The number of benzene rings is 6. The molecule has 10 nitrogen and oxygen atoms in total. The summed E-state index contributed by atoms with van der Waals surface area (Å²) in [5.74, 6) is 0.958. The molecule has 0 fully saturated rings. The molecule has 6 aromatic heterocycles. The second kappa shape index (κ2) is 15.2. The fourth-order valence-corrected chi connectivity index (χ4v) is 8.97. The summed E-state index contributed by atoms with van der Waals surface area (Å²) in [6, 6.07) is 39.9. The van der Waals surface area contributed by atoms with Crippen molar-refractivity contribution in [3.8, 4) is 68.1 Å². The van der Waals surface area contributed by atoms with E-state index in [-0.39, 0.29) is 0 Å². The van der Waals surface area contributed by atoms with Crippen LogP contribution in [0.25, 0.3) is 112 Å². The van der Waals surface area contributed by atoms with Crippen molar-refractivity contribution in [2.45, 2.75) is 6.92 Å². The van der Waals surface area contributed by atoms with Gasteiger partial charge in [0.25, 0.3) is 0 Å². The highest BCUT2D eigenvalue weighted by atomic mass is 19.1. The Morgan fingerprint density at radius 3 is 0.969 bits per heavy atom.